The second-order valence-corrected chi connectivity index (χ2v) is 9.60. The number of hydrogen-bond acceptors (Lipinski definition) is 5. The van der Waals surface area contributed by atoms with E-state index in [9.17, 15) is 4.79 Å². The molecular formula is C29H28N5O2+. The van der Waals surface area contributed by atoms with E-state index >= 15 is 0 Å². The minimum atomic E-state index is -0.116. The second kappa shape index (κ2) is 8.84. The smallest absolute Gasteiger partial charge is 0.419 e. The van der Waals surface area contributed by atoms with Gasteiger partial charge >= 0.3 is 5.91 Å². The molecule has 1 aliphatic rings. The number of nitrogens with two attached hydrogens (primary N) is 1. The summed E-state index contributed by atoms with van der Waals surface area (Å²) in [6, 6.07) is 17.5. The second-order valence-electron chi connectivity index (χ2n) is 9.60. The summed E-state index contributed by atoms with van der Waals surface area (Å²) in [4.78, 5) is 17.8. The van der Waals surface area contributed by atoms with Crippen LogP contribution in [-0.4, -0.2) is 44.0 Å². The van der Waals surface area contributed by atoms with Crippen LogP contribution in [0.5, 0.6) is 0 Å². The highest BCUT2D eigenvalue weighted by molar-refractivity contribution is 5.96. The molecule has 1 aliphatic carbocycles. The predicted octanol–water partition coefficient (Wildman–Crippen LogP) is 5.17. The Bertz CT molecular complexity index is 1630. The van der Waals surface area contributed by atoms with Crippen molar-refractivity contribution in [3.63, 3.8) is 0 Å². The van der Waals surface area contributed by atoms with Gasteiger partial charge in [0, 0.05) is 42.2 Å². The van der Waals surface area contributed by atoms with Gasteiger partial charge in [-0.05, 0) is 54.8 Å². The molecule has 1 saturated carbocycles. The molecule has 2 unspecified atom stereocenters. The maximum atomic E-state index is 13.3. The Morgan fingerprint density at radius 2 is 1.97 bits per heavy atom. The zero-order valence-corrected chi connectivity index (χ0v) is 20.2. The Kier molecular flexibility index (Phi) is 5.49. The van der Waals surface area contributed by atoms with Crippen molar-refractivity contribution in [2.24, 2.45) is 12.8 Å². The number of pyridine rings is 1. The number of carbonyl (C=O) groups is 1. The van der Waals surface area contributed by atoms with E-state index in [2.05, 4.69) is 22.9 Å². The number of rotatable bonds is 4. The van der Waals surface area contributed by atoms with Crippen LogP contribution < -0.4 is 5.73 Å². The number of hydrogen-bond donors (Lipinski definition) is 1. The highest BCUT2D eigenvalue weighted by Gasteiger charge is 2.34. The number of carbonyl (C=O) groups excluding carboxylic acids is 1. The summed E-state index contributed by atoms with van der Waals surface area (Å²) in [5.41, 5.74) is 12.1. The molecule has 0 aliphatic heterocycles. The highest BCUT2D eigenvalue weighted by Crippen LogP contribution is 2.35. The van der Waals surface area contributed by atoms with Crippen molar-refractivity contribution in [1.82, 2.24) is 14.8 Å². The SMILES string of the molecule is C=[N+](C(=O)c1cccc(-c2ccnc3cc(-c4ccc5c(cnn5C)c4)oc23)c1)C1CCCCC1N. The largest absolute Gasteiger partial charge is 0.454 e. The molecule has 0 radical (unpaired) electrons. The first-order valence-corrected chi connectivity index (χ1v) is 12.3. The number of benzene rings is 2. The first-order valence-electron chi connectivity index (χ1n) is 12.3. The zero-order chi connectivity index (χ0) is 24.8. The summed E-state index contributed by atoms with van der Waals surface area (Å²) in [5.74, 6) is 0.618. The highest BCUT2D eigenvalue weighted by atomic mass is 16.3. The zero-order valence-electron chi connectivity index (χ0n) is 20.2. The van der Waals surface area contributed by atoms with Gasteiger partial charge in [0.2, 0.25) is 0 Å². The van der Waals surface area contributed by atoms with Crippen LogP contribution >= 0.6 is 0 Å². The molecule has 2 atom stereocenters. The maximum Gasteiger partial charge on any atom is 0.419 e. The summed E-state index contributed by atoms with van der Waals surface area (Å²) in [5, 5.41) is 5.37. The Morgan fingerprint density at radius 1 is 1.11 bits per heavy atom. The lowest BCUT2D eigenvalue weighted by atomic mass is 9.90. The molecule has 180 valence electrons. The van der Waals surface area contributed by atoms with Gasteiger partial charge in [0.05, 0.1) is 23.3 Å². The van der Waals surface area contributed by atoms with E-state index in [-0.39, 0.29) is 18.0 Å². The molecule has 0 saturated heterocycles. The Balaban J connectivity index is 1.35. The number of furan rings is 1. The number of aryl methyl sites for hydroxylation is 1. The minimum absolute atomic E-state index is 0.0318. The number of fused-ring (bicyclic) bond motifs is 2. The first-order chi connectivity index (χ1) is 17.5. The van der Waals surface area contributed by atoms with E-state index < -0.39 is 0 Å². The molecule has 0 bridgehead atoms. The van der Waals surface area contributed by atoms with E-state index in [0.717, 1.165) is 64.6 Å². The van der Waals surface area contributed by atoms with Crippen molar-refractivity contribution in [2.45, 2.75) is 37.8 Å². The molecule has 2 aromatic carbocycles. The van der Waals surface area contributed by atoms with Crippen LogP contribution in [0.25, 0.3) is 44.5 Å². The third kappa shape index (κ3) is 3.82. The summed E-state index contributed by atoms with van der Waals surface area (Å²) in [7, 11) is 1.93. The molecule has 2 N–H and O–H groups in total. The van der Waals surface area contributed by atoms with Gasteiger partial charge in [-0.2, -0.15) is 9.67 Å². The van der Waals surface area contributed by atoms with E-state index in [0.29, 0.717) is 11.1 Å². The topological polar surface area (TPSA) is 90.0 Å². The van der Waals surface area contributed by atoms with Crippen molar-refractivity contribution in [3.8, 4) is 22.5 Å². The fraction of sp³-hybridized carbons (Fsp3) is 0.241. The summed E-state index contributed by atoms with van der Waals surface area (Å²) < 4.78 is 9.76. The van der Waals surface area contributed by atoms with E-state index in [1.165, 1.54) is 0 Å². The quantitative estimate of drug-likeness (QED) is 0.284. The lowest BCUT2D eigenvalue weighted by Gasteiger charge is -2.24. The monoisotopic (exact) mass is 478 g/mol. The molecule has 1 amide bonds. The standard InChI is InChI=1S/C29H28N5O2/c1-33(26-9-4-3-8-23(26)30)29(35)20-7-5-6-18(14-20)22-12-13-31-24-16-27(36-28(22)24)19-10-11-25-21(15-19)17-32-34(25)2/h5-7,10-17,23,26H,1,3-4,8-9,30H2,2H3/q+1. The summed E-state index contributed by atoms with van der Waals surface area (Å²) in [6.07, 6.45) is 7.61. The van der Waals surface area contributed by atoms with Crippen molar-refractivity contribution in [2.75, 3.05) is 0 Å². The van der Waals surface area contributed by atoms with Crippen LogP contribution in [0.4, 0.5) is 0 Å². The average molecular weight is 479 g/mol. The van der Waals surface area contributed by atoms with Gasteiger partial charge in [-0.1, -0.05) is 18.6 Å². The van der Waals surface area contributed by atoms with Gasteiger partial charge in [-0.25, -0.2) is 4.79 Å². The fourth-order valence-corrected chi connectivity index (χ4v) is 5.29. The van der Waals surface area contributed by atoms with Gasteiger partial charge in [0.1, 0.15) is 18.0 Å². The number of nitrogens with zero attached hydrogens (tertiary/aromatic N) is 4. The molecule has 3 aromatic heterocycles. The Hall–Kier alpha value is -4.10. The van der Waals surface area contributed by atoms with E-state index in [1.807, 2.05) is 66.5 Å². The molecule has 0 spiro atoms. The van der Waals surface area contributed by atoms with Crippen molar-refractivity contribution < 1.29 is 13.8 Å². The van der Waals surface area contributed by atoms with Crippen LogP contribution in [0.15, 0.2) is 71.4 Å². The van der Waals surface area contributed by atoms with Crippen LogP contribution in [0.1, 0.15) is 36.0 Å². The molecule has 1 fully saturated rings. The van der Waals surface area contributed by atoms with Crippen LogP contribution in [0.2, 0.25) is 0 Å². The molecule has 3 heterocycles. The third-order valence-corrected chi connectivity index (χ3v) is 7.31. The Labute approximate surface area is 208 Å². The number of aromatic nitrogens is 3. The summed E-state index contributed by atoms with van der Waals surface area (Å²) >= 11 is 0. The van der Waals surface area contributed by atoms with Gasteiger partial charge in [0.25, 0.3) is 0 Å². The van der Waals surface area contributed by atoms with E-state index in [4.69, 9.17) is 10.2 Å². The maximum absolute atomic E-state index is 13.3. The Morgan fingerprint density at radius 3 is 2.83 bits per heavy atom. The first kappa shape index (κ1) is 22.4. The van der Waals surface area contributed by atoms with E-state index in [1.54, 1.807) is 10.8 Å². The lowest BCUT2D eigenvalue weighted by Crippen LogP contribution is -2.46. The minimum Gasteiger partial charge on any atom is -0.454 e. The van der Waals surface area contributed by atoms with Gasteiger partial charge in [-0.3, -0.25) is 9.67 Å². The molecule has 7 heteroatoms. The molecular weight excluding hydrogens is 450 g/mol. The fourth-order valence-electron chi connectivity index (χ4n) is 5.29. The van der Waals surface area contributed by atoms with Crippen molar-refractivity contribution in [1.29, 1.82) is 0 Å². The van der Waals surface area contributed by atoms with Crippen molar-refractivity contribution in [3.05, 3.63) is 72.6 Å². The average Bonchev–Trinajstić information content (AvgIpc) is 3.51. The molecule has 36 heavy (non-hydrogen) atoms. The normalized spacial score (nSPS) is 18.1. The van der Waals surface area contributed by atoms with Crippen molar-refractivity contribution >= 4 is 34.6 Å². The number of amides is 1. The predicted molar refractivity (Wildman–Crippen MR) is 141 cm³/mol. The van der Waals surface area contributed by atoms with Gasteiger partial charge < -0.3 is 10.2 Å². The van der Waals surface area contributed by atoms with Crippen LogP contribution in [-0.2, 0) is 7.05 Å². The summed E-state index contributed by atoms with van der Waals surface area (Å²) in [6.45, 7) is 4.07. The van der Waals surface area contributed by atoms with Gasteiger partial charge in [-0.15, -0.1) is 0 Å². The molecule has 6 rings (SSSR count). The molecule has 7 nitrogen and oxygen atoms in total. The van der Waals surface area contributed by atoms with Crippen LogP contribution in [0.3, 0.4) is 0 Å². The third-order valence-electron chi connectivity index (χ3n) is 7.31. The lowest BCUT2D eigenvalue weighted by molar-refractivity contribution is -0.471. The molecule has 5 aromatic rings. The van der Waals surface area contributed by atoms with Gasteiger partial charge in [0.15, 0.2) is 11.6 Å². The van der Waals surface area contributed by atoms with Crippen LogP contribution in [0, 0.1) is 0 Å².